The zero-order chi connectivity index (χ0) is 24.2. The molecule has 2 heterocycles. The maximum Gasteiger partial charge on any atom is 0.249 e. The molecule has 1 atom stereocenters. The molecule has 35 heavy (non-hydrogen) atoms. The summed E-state index contributed by atoms with van der Waals surface area (Å²) >= 11 is 1.52. The summed E-state index contributed by atoms with van der Waals surface area (Å²) in [6.07, 6.45) is 5.09. The molecule has 1 fully saturated rings. The monoisotopic (exact) mass is 487 g/mol. The fourth-order valence-electron chi connectivity index (χ4n) is 4.77. The number of aryl methyl sites for hydroxylation is 1. The number of benzene rings is 2. The first-order valence-corrected chi connectivity index (χ1v) is 13.1. The summed E-state index contributed by atoms with van der Waals surface area (Å²) in [6, 6.07) is 16.8. The molecular weight excluding hydrogens is 458 g/mol. The van der Waals surface area contributed by atoms with Gasteiger partial charge in [0.15, 0.2) is 0 Å². The van der Waals surface area contributed by atoms with Crippen LogP contribution in [0.2, 0.25) is 0 Å². The van der Waals surface area contributed by atoms with Crippen LogP contribution in [0, 0.1) is 0 Å². The second kappa shape index (κ2) is 10.4. The maximum absolute atomic E-state index is 13.9. The number of amides is 2. The molecule has 0 unspecified atom stereocenters. The van der Waals surface area contributed by atoms with Crippen LogP contribution in [0.1, 0.15) is 49.8 Å². The minimum Gasteiger partial charge on any atom is -0.351 e. The summed E-state index contributed by atoms with van der Waals surface area (Å²) in [4.78, 5) is 29.3. The molecule has 0 aliphatic heterocycles. The van der Waals surface area contributed by atoms with E-state index < -0.39 is 6.04 Å². The van der Waals surface area contributed by atoms with Gasteiger partial charge >= 0.3 is 0 Å². The Morgan fingerprint density at radius 1 is 1.11 bits per heavy atom. The number of nitrogens with one attached hydrogen (secondary N) is 1. The molecular formula is C27H29N5O2S. The minimum atomic E-state index is -0.767. The zero-order valence-corrected chi connectivity index (χ0v) is 20.6. The summed E-state index contributed by atoms with van der Waals surface area (Å²) < 4.78 is 1.60. The lowest BCUT2D eigenvalue weighted by molar-refractivity contribution is -0.127. The number of carbonyl (C=O) groups excluding carboxylic acids is 2. The fourth-order valence-corrected chi connectivity index (χ4v) is 5.45. The average Bonchev–Trinajstić information content (AvgIpc) is 3.66. The van der Waals surface area contributed by atoms with Gasteiger partial charge in [-0.1, -0.05) is 49.2 Å². The van der Waals surface area contributed by atoms with E-state index >= 15 is 0 Å². The Balaban J connectivity index is 1.53. The molecule has 1 aliphatic rings. The summed E-state index contributed by atoms with van der Waals surface area (Å²) in [5.74, 6) is -0.366. The summed E-state index contributed by atoms with van der Waals surface area (Å²) in [5.41, 5.74) is 4.18. The second-order valence-corrected chi connectivity index (χ2v) is 9.75. The SMILES string of the molecule is CCc1ccc(N(C(=O)Cn2nnc3ccccc32)[C@H](C(=O)NC2CCCC2)c2ccsc2)cc1. The third-order valence-corrected chi connectivity index (χ3v) is 7.37. The molecule has 7 nitrogen and oxygen atoms in total. The number of carbonyl (C=O) groups is 2. The Morgan fingerprint density at radius 2 is 1.89 bits per heavy atom. The minimum absolute atomic E-state index is 0.0204. The first kappa shape index (κ1) is 23.2. The van der Waals surface area contributed by atoms with Gasteiger partial charge in [0.25, 0.3) is 0 Å². The van der Waals surface area contributed by atoms with Gasteiger partial charge in [-0.3, -0.25) is 14.5 Å². The van der Waals surface area contributed by atoms with Crippen molar-refractivity contribution in [1.29, 1.82) is 0 Å². The second-order valence-electron chi connectivity index (χ2n) is 8.97. The number of hydrogen-bond acceptors (Lipinski definition) is 5. The van der Waals surface area contributed by atoms with E-state index in [1.807, 2.05) is 65.4 Å². The molecule has 4 aromatic rings. The van der Waals surface area contributed by atoms with Crippen LogP contribution in [-0.2, 0) is 22.6 Å². The van der Waals surface area contributed by atoms with E-state index in [1.54, 1.807) is 9.58 Å². The third-order valence-electron chi connectivity index (χ3n) is 6.66. The van der Waals surface area contributed by atoms with Crippen molar-refractivity contribution in [2.75, 3.05) is 4.90 Å². The number of para-hydroxylation sites is 1. The Morgan fingerprint density at radius 3 is 2.60 bits per heavy atom. The van der Waals surface area contributed by atoms with Crippen LogP contribution in [0.5, 0.6) is 0 Å². The molecule has 2 aromatic heterocycles. The lowest BCUT2D eigenvalue weighted by Crippen LogP contribution is -2.47. The quantitative estimate of drug-likeness (QED) is 0.384. The third kappa shape index (κ3) is 4.98. The fraction of sp³-hybridized carbons (Fsp3) is 0.333. The summed E-state index contributed by atoms with van der Waals surface area (Å²) in [5, 5.41) is 15.5. The van der Waals surface area contributed by atoms with Crippen LogP contribution in [0.25, 0.3) is 11.0 Å². The number of thiophene rings is 1. The molecule has 0 spiro atoms. The largest absolute Gasteiger partial charge is 0.351 e. The number of nitrogens with zero attached hydrogens (tertiary/aromatic N) is 4. The zero-order valence-electron chi connectivity index (χ0n) is 19.8. The molecule has 2 amide bonds. The van der Waals surface area contributed by atoms with Gasteiger partial charge in [0, 0.05) is 11.7 Å². The molecule has 1 N–H and O–H groups in total. The van der Waals surface area contributed by atoms with Crippen LogP contribution < -0.4 is 10.2 Å². The first-order chi connectivity index (χ1) is 17.1. The van der Waals surface area contributed by atoms with Crippen molar-refractivity contribution >= 4 is 39.9 Å². The highest BCUT2D eigenvalue weighted by Gasteiger charge is 2.35. The molecule has 0 radical (unpaired) electrons. The number of aromatic nitrogens is 3. The van der Waals surface area contributed by atoms with E-state index in [0.29, 0.717) is 5.69 Å². The molecule has 1 saturated carbocycles. The van der Waals surface area contributed by atoms with Gasteiger partial charge in [0.2, 0.25) is 11.8 Å². The molecule has 0 bridgehead atoms. The van der Waals surface area contributed by atoms with Crippen LogP contribution in [0.15, 0.2) is 65.4 Å². The van der Waals surface area contributed by atoms with Gasteiger partial charge in [0.05, 0.1) is 5.52 Å². The van der Waals surface area contributed by atoms with Crippen molar-refractivity contribution < 1.29 is 9.59 Å². The normalized spacial score (nSPS) is 14.8. The average molecular weight is 488 g/mol. The van der Waals surface area contributed by atoms with Crippen molar-refractivity contribution in [2.45, 2.75) is 57.7 Å². The number of anilines is 1. The van der Waals surface area contributed by atoms with Crippen molar-refractivity contribution in [3.8, 4) is 0 Å². The van der Waals surface area contributed by atoms with E-state index in [1.165, 1.54) is 16.9 Å². The van der Waals surface area contributed by atoms with Gasteiger partial charge in [-0.05, 0) is 71.5 Å². The van der Waals surface area contributed by atoms with Gasteiger partial charge in [-0.2, -0.15) is 11.3 Å². The van der Waals surface area contributed by atoms with E-state index in [-0.39, 0.29) is 24.4 Å². The van der Waals surface area contributed by atoms with E-state index in [9.17, 15) is 9.59 Å². The van der Waals surface area contributed by atoms with Crippen molar-refractivity contribution in [3.63, 3.8) is 0 Å². The molecule has 0 saturated heterocycles. The van der Waals surface area contributed by atoms with Gasteiger partial charge in [-0.15, -0.1) is 5.10 Å². The highest BCUT2D eigenvalue weighted by molar-refractivity contribution is 7.08. The summed E-state index contributed by atoms with van der Waals surface area (Å²) in [7, 11) is 0. The van der Waals surface area contributed by atoms with Gasteiger partial charge in [-0.25, -0.2) is 4.68 Å². The standard InChI is InChI=1S/C27H29N5O2S/c1-2-19-11-13-22(14-12-19)32(25(33)17-31-24-10-6-5-9-23(24)29-30-31)26(20-15-16-35-18-20)27(34)28-21-7-3-4-8-21/h5-6,9-16,18,21,26H,2-4,7-8,17H2,1H3,(H,28,34)/t26-/m0/s1. The van der Waals surface area contributed by atoms with Crippen LogP contribution >= 0.6 is 11.3 Å². The summed E-state index contributed by atoms with van der Waals surface area (Å²) in [6.45, 7) is 2.07. The Labute approximate surface area is 208 Å². The van der Waals surface area contributed by atoms with Gasteiger partial charge in [0.1, 0.15) is 18.1 Å². The predicted octanol–water partition coefficient (Wildman–Crippen LogP) is 4.89. The van der Waals surface area contributed by atoms with Gasteiger partial charge < -0.3 is 5.32 Å². The van der Waals surface area contributed by atoms with E-state index in [0.717, 1.165) is 48.7 Å². The highest BCUT2D eigenvalue weighted by Crippen LogP contribution is 2.31. The van der Waals surface area contributed by atoms with E-state index in [4.69, 9.17) is 0 Å². The topological polar surface area (TPSA) is 80.1 Å². The van der Waals surface area contributed by atoms with E-state index in [2.05, 4.69) is 22.6 Å². The molecule has 8 heteroatoms. The number of hydrogen-bond donors (Lipinski definition) is 1. The van der Waals surface area contributed by atoms with Crippen LogP contribution in [-0.4, -0.2) is 32.9 Å². The lowest BCUT2D eigenvalue weighted by atomic mass is 10.0. The maximum atomic E-state index is 13.9. The molecule has 2 aromatic carbocycles. The lowest BCUT2D eigenvalue weighted by Gasteiger charge is -2.32. The smallest absolute Gasteiger partial charge is 0.249 e. The van der Waals surface area contributed by atoms with Crippen molar-refractivity contribution in [3.05, 3.63) is 76.5 Å². The van der Waals surface area contributed by atoms with Crippen LogP contribution in [0.3, 0.4) is 0 Å². The predicted molar refractivity (Wildman–Crippen MR) is 138 cm³/mol. The Kier molecular flexibility index (Phi) is 6.90. The molecule has 180 valence electrons. The number of fused-ring (bicyclic) bond motifs is 1. The Hall–Kier alpha value is -3.52. The first-order valence-electron chi connectivity index (χ1n) is 12.2. The number of rotatable bonds is 8. The van der Waals surface area contributed by atoms with Crippen molar-refractivity contribution in [2.24, 2.45) is 0 Å². The highest BCUT2D eigenvalue weighted by atomic mass is 32.1. The van der Waals surface area contributed by atoms with Crippen molar-refractivity contribution in [1.82, 2.24) is 20.3 Å². The molecule has 5 rings (SSSR count). The Bertz CT molecular complexity index is 1290. The molecule has 1 aliphatic carbocycles. The van der Waals surface area contributed by atoms with Crippen LogP contribution in [0.4, 0.5) is 5.69 Å².